The van der Waals surface area contributed by atoms with Crippen molar-refractivity contribution in [2.24, 2.45) is 9.98 Å². The van der Waals surface area contributed by atoms with Crippen molar-refractivity contribution in [3.05, 3.63) is 0 Å². The van der Waals surface area contributed by atoms with Crippen LogP contribution in [0.25, 0.3) is 0 Å². The lowest BCUT2D eigenvalue weighted by molar-refractivity contribution is -0.113. The van der Waals surface area contributed by atoms with Crippen LogP contribution in [0.3, 0.4) is 0 Å². The zero-order chi connectivity index (χ0) is 12.4. The van der Waals surface area contributed by atoms with Crippen LogP contribution < -0.4 is 0 Å². The zero-order valence-electron chi connectivity index (χ0n) is 10.7. The molecule has 0 spiro atoms. The highest BCUT2D eigenvalue weighted by atomic mass is 16.5. The maximum absolute atomic E-state index is 11.5. The van der Waals surface area contributed by atoms with Gasteiger partial charge in [-0.15, -0.1) is 0 Å². The molecule has 0 aliphatic heterocycles. The summed E-state index contributed by atoms with van der Waals surface area (Å²) in [6.45, 7) is 5.65. The number of unbranched alkanes of at least 4 members (excludes halogenated alkanes) is 2. The third kappa shape index (κ3) is 7.29. The van der Waals surface area contributed by atoms with Crippen LogP contribution in [-0.4, -0.2) is 31.2 Å². The van der Waals surface area contributed by atoms with Crippen LogP contribution in [0.5, 0.6) is 0 Å². The van der Waals surface area contributed by atoms with Gasteiger partial charge < -0.3 is 4.74 Å². The zero-order valence-corrected chi connectivity index (χ0v) is 10.7. The van der Waals surface area contributed by atoms with Gasteiger partial charge in [0.05, 0.1) is 5.71 Å². The van der Waals surface area contributed by atoms with Crippen molar-refractivity contribution in [1.29, 1.82) is 0 Å². The summed E-state index contributed by atoms with van der Waals surface area (Å²) >= 11 is 0. The second-order valence-corrected chi connectivity index (χ2v) is 3.69. The first-order valence-electron chi connectivity index (χ1n) is 5.73. The topological polar surface area (TPSA) is 51.0 Å². The number of hydrogen-bond acceptors (Lipinski definition) is 3. The van der Waals surface area contributed by atoms with Gasteiger partial charge in [-0.05, 0) is 20.3 Å². The van der Waals surface area contributed by atoms with Crippen molar-refractivity contribution in [3.8, 4) is 0 Å². The highest BCUT2D eigenvalue weighted by Crippen LogP contribution is 2.00. The van der Waals surface area contributed by atoms with Crippen molar-refractivity contribution in [1.82, 2.24) is 0 Å². The summed E-state index contributed by atoms with van der Waals surface area (Å²) in [5, 5.41) is 0. The first-order valence-corrected chi connectivity index (χ1v) is 5.73. The quantitative estimate of drug-likeness (QED) is 0.363. The average Bonchev–Trinajstić information content (AvgIpc) is 2.28. The highest BCUT2D eigenvalue weighted by Gasteiger charge is 2.04. The molecule has 0 radical (unpaired) electrons. The van der Waals surface area contributed by atoms with E-state index in [1.807, 2.05) is 6.92 Å². The third-order valence-corrected chi connectivity index (χ3v) is 2.28. The molecule has 0 aliphatic carbocycles. The Morgan fingerprint density at radius 2 is 2.12 bits per heavy atom. The van der Waals surface area contributed by atoms with Gasteiger partial charge in [0.2, 0.25) is 0 Å². The van der Waals surface area contributed by atoms with Gasteiger partial charge in [-0.2, -0.15) is 0 Å². The molecule has 0 fully saturated rings. The second kappa shape index (κ2) is 9.21. The molecule has 1 unspecified atom stereocenters. The van der Waals surface area contributed by atoms with Crippen molar-refractivity contribution in [3.63, 3.8) is 0 Å². The molecular weight excluding hydrogens is 204 g/mol. The van der Waals surface area contributed by atoms with Crippen molar-refractivity contribution in [2.75, 3.05) is 7.11 Å². The van der Waals surface area contributed by atoms with Crippen molar-refractivity contribution < 1.29 is 9.53 Å². The second-order valence-electron chi connectivity index (χ2n) is 3.69. The van der Waals surface area contributed by atoms with Gasteiger partial charge in [-0.3, -0.25) is 4.79 Å². The number of ether oxygens (including phenoxy) is 1. The Balaban J connectivity index is 4.01. The third-order valence-electron chi connectivity index (χ3n) is 2.28. The molecule has 16 heavy (non-hydrogen) atoms. The number of rotatable bonds is 8. The molecular formula is C12H22N2O2. The standard InChI is InChI=1S/C12H22N2O2/c1-5-6-7-8-12(15)10(2)13-9-14-11(3)16-4/h9,11H,5-8H2,1-4H3. The molecule has 0 saturated heterocycles. The molecule has 0 aromatic carbocycles. The van der Waals surface area contributed by atoms with E-state index in [1.165, 1.54) is 6.34 Å². The summed E-state index contributed by atoms with van der Waals surface area (Å²) in [5.74, 6) is 0.102. The molecule has 0 N–H and O–H groups in total. The number of Topliss-reactive ketones (excluding diaryl/α,β-unsaturated/α-hetero) is 1. The van der Waals surface area contributed by atoms with E-state index in [1.54, 1.807) is 14.0 Å². The minimum atomic E-state index is -0.216. The fourth-order valence-electron chi connectivity index (χ4n) is 1.06. The Hall–Kier alpha value is -1.03. The lowest BCUT2D eigenvalue weighted by atomic mass is 10.1. The summed E-state index contributed by atoms with van der Waals surface area (Å²) in [7, 11) is 1.58. The normalized spacial score (nSPS) is 14.4. The minimum absolute atomic E-state index is 0.102. The van der Waals surface area contributed by atoms with E-state index in [2.05, 4.69) is 16.9 Å². The molecule has 0 bridgehead atoms. The Kier molecular flexibility index (Phi) is 8.62. The molecule has 4 heteroatoms. The van der Waals surface area contributed by atoms with Crippen molar-refractivity contribution >= 4 is 17.8 Å². The Morgan fingerprint density at radius 3 is 2.69 bits per heavy atom. The molecule has 4 nitrogen and oxygen atoms in total. The van der Waals surface area contributed by atoms with E-state index in [-0.39, 0.29) is 12.0 Å². The minimum Gasteiger partial charge on any atom is -0.360 e. The van der Waals surface area contributed by atoms with E-state index in [9.17, 15) is 4.79 Å². The predicted octanol–water partition coefficient (Wildman–Crippen LogP) is 2.62. The summed E-state index contributed by atoms with van der Waals surface area (Å²) in [6, 6.07) is 0. The number of hydrogen-bond donors (Lipinski definition) is 0. The van der Waals surface area contributed by atoms with E-state index >= 15 is 0 Å². The Labute approximate surface area is 97.8 Å². The van der Waals surface area contributed by atoms with Gasteiger partial charge in [0.1, 0.15) is 12.6 Å². The van der Waals surface area contributed by atoms with E-state index < -0.39 is 0 Å². The maximum Gasteiger partial charge on any atom is 0.176 e. The molecule has 0 saturated carbocycles. The summed E-state index contributed by atoms with van der Waals surface area (Å²) in [4.78, 5) is 19.5. The van der Waals surface area contributed by atoms with Gasteiger partial charge in [0, 0.05) is 13.5 Å². The summed E-state index contributed by atoms with van der Waals surface area (Å²) < 4.78 is 4.92. The van der Waals surface area contributed by atoms with Crippen LogP contribution >= 0.6 is 0 Å². The van der Waals surface area contributed by atoms with Gasteiger partial charge in [-0.25, -0.2) is 9.98 Å². The van der Waals surface area contributed by atoms with E-state index in [0.717, 1.165) is 19.3 Å². The van der Waals surface area contributed by atoms with Gasteiger partial charge >= 0.3 is 0 Å². The molecule has 92 valence electrons. The van der Waals surface area contributed by atoms with E-state index in [0.29, 0.717) is 12.1 Å². The number of aliphatic imine (C=N–C) groups is 2. The Bertz CT molecular complexity index is 260. The molecule has 0 aliphatic rings. The number of carbonyl (C=O) groups excluding carboxylic acids is 1. The molecule has 1 atom stereocenters. The Morgan fingerprint density at radius 1 is 1.44 bits per heavy atom. The van der Waals surface area contributed by atoms with Crippen LogP contribution in [0.4, 0.5) is 0 Å². The molecule has 0 aromatic rings. The van der Waals surface area contributed by atoms with Gasteiger partial charge in [-0.1, -0.05) is 19.8 Å². The maximum atomic E-state index is 11.5. The average molecular weight is 226 g/mol. The highest BCUT2D eigenvalue weighted by molar-refractivity contribution is 6.39. The summed E-state index contributed by atoms with van der Waals surface area (Å²) in [6.07, 6.45) is 4.91. The first kappa shape index (κ1) is 15.0. The van der Waals surface area contributed by atoms with Crippen molar-refractivity contribution in [2.45, 2.75) is 52.7 Å². The van der Waals surface area contributed by atoms with Crippen LogP contribution in [0.15, 0.2) is 9.98 Å². The van der Waals surface area contributed by atoms with Gasteiger partial charge in [0.15, 0.2) is 5.78 Å². The fourth-order valence-corrected chi connectivity index (χ4v) is 1.06. The predicted molar refractivity (Wildman–Crippen MR) is 67.2 cm³/mol. The number of nitrogens with zero attached hydrogens (tertiary/aromatic N) is 2. The van der Waals surface area contributed by atoms with Gasteiger partial charge in [0.25, 0.3) is 0 Å². The monoisotopic (exact) mass is 226 g/mol. The van der Waals surface area contributed by atoms with E-state index in [4.69, 9.17) is 4.74 Å². The molecule has 0 aromatic heterocycles. The summed E-state index contributed by atoms with van der Waals surface area (Å²) in [5.41, 5.74) is 0.517. The van der Waals surface area contributed by atoms with Crippen LogP contribution in [0, 0.1) is 0 Å². The smallest absolute Gasteiger partial charge is 0.176 e. The van der Waals surface area contributed by atoms with Crippen LogP contribution in [-0.2, 0) is 9.53 Å². The SMILES string of the molecule is CCCCCC(=O)C(C)=NC=NC(C)OC. The number of ketones is 1. The lowest BCUT2D eigenvalue weighted by Crippen LogP contribution is -2.10. The molecule has 0 amide bonds. The largest absolute Gasteiger partial charge is 0.360 e. The van der Waals surface area contributed by atoms with Crippen LogP contribution in [0.2, 0.25) is 0 Å². The number of carbonyl (C=O) groups is 1. The lowest BCUT2D eigenvalue weighted by Gasteiger charge is -2.00. The fraction of sp³-hybridized carbons (Fsp3) is 0.750. The first-order chi connectivity index (χ1) is 7.61. The number of methoxy groups -OCH3 is 1. The molecule has 0 rings (SSSR count). The van der Waals surface area contributed by atoms with Crippen LogP contribution in [0.1, 0.15) is 46.5 Å². The molecule has 0 heterocycles.